The van der Waals surface area contributed by atoms with E-state index in [4.69, 9.17) is 15.0 Å². The number of hydrogen-bond donors (Lipinski definition) is 3. The second kappa shape index (κ2) is 12.5. The van der Waals surface area contributed by atoms with E-state index in [0.717, 1.165) is 12.8 Å². The van der Waals surface area contributed by atoms with Crippen LogP contribution < -0.4 is 16.5 Å². The minimum absolute atomic E-state index is 0.0183. The van der Waals surface area contributed by atoms with Crippen molar-refractivity contribution < 1.29 is 23.9 Å². The van der Waals surface area contributed by atoms with Crippen LogP contribution in [-0.4, -0.2) is 54.0 Å². The summed E-state index contributed by atoms with van der Waals surface area (Å²) in [5.41, 5.74) is 7.16. The van der Waals surface area contributed by atoms with Crippen molar-refractivity contribution in [1.82, 2.24) is 10.7 Å². The SMILES string of the molecule is CC[C@H](C)C(=O)C[C@@H](CCCN=C(N)N[N+](=O)[O-])C(=O)N[C@@H](CC(C)C)B1O[C@@H]2C[C@H]3C[C@H](C3(C)C)[C@]2(C)O1. The van der Waals surface area contributed by atoms with Crippen LogP contribution in [0.4, 0.5) is 0 Å². The van der Waals surface area contributed by atoms with Crippen molar-refractivity contribution in [3.8, 4) is 0 Å². The maximum atomic E-state index is 13.6. The van der Waals surface area contributed by atoms with Crippen LogP contribution in [0, 0.1) is 45.1 Å². The van der Waals surface area contributed by atoms with Crippen LogP contribution in [0.2, 0.25) is 0 Å². The number of carbonyl (C=O) groups is 2. The molecule has 4 fully saturated rings. The van der Waals surface area contributed by atoms with E-state index in [9.17, 15) is 19.7 Å². The van der Waals surface area contributed by atoms with Gasteiger partial charge in [-0.25, -0.2) is 15.1 Å². The number of hydrazine groups is 1. The van der Waals surface area contributed by atoms with Crippen molar-refractivity contribution in [3.63, 3.8) is 0 Å². The highest BCUT2D eigenvalue weighted by Crippen LogP contribution is 2.65. The third-order valence-corrected chi connectivity index (χ3v) is 9.53. The van der Waals surface area contributed by atoms with Gasteiger partial charge in [0.05, 0.1) is 17.6 Å². The molecule has 3 aliphatic carbocycles. The minimum Gasteiger partial charge on any atom is -0.404 e. The number of ketones is 1. The summed E-state index contributed by atoms with van der Waals surface area (Å²) < 4.78 is 13.2. The van der Waals surface area contributed by atoms with E-state index in [1.807, 2.05) is 19.3 Å². The summed E-state index contributed by atoms with van der Waals surface area (Å²) >= 11 is 0. The molecule has 39 heavy (non-hydrogen) atoms. The molecule has 0 unspecified atom stereocenters. The first-order valence-electron chi connectivity index (χ1n) is 14.6. The Bertz CT molecular complexity index is 946. The summed E-state index contributed by atoms with van der Waals surface area (Å²) in [5, 5.41) is 12.9. The maximum absolute atomic E-state index is 13.6. The molecule has 0 spiro atoms. The quantitative estimate of drug-likeness (QED) is 0.0744. The van der Waals surface area contributed by atoms with Gasteiger partial charge in [-0.05, 0) is 68.6 Å². The topological polar surface area (TPSA) is 158 Å². The number of nitro groups is 1. The summed E-state index contributed by atoms with van der Waals surface area (Å²) in [6.07, 6.45) is 4.53. The van der Waals surface area contributed by atoms with Crippen LogP contribution >= 0.6 is 0 Å². The van der Waals surface area contributed by atoms with Gasteiger partial charge in [-0.1, -0.05) is 47.0 Å². The highest BCUT2D eigenvalue weighted by molar-refractivity contribution is 6.47. The molecule has 0 aromatic carbocycles. The van der Waals surface area contributed by atoms with Crippen LogP contribution in [0.1, 0.15) is 93.4 Å². The van der Waals surface area contributed by atoms with Gasteiger partial charge in [-0.3, -0.25) is 9.59 Å². The van der Waals surface area contributed by atoms with Crippen LogP contribution in [0.3, 0.4) is 0 Å². The third kappa shape index (κ3) is 7.12. The smallest absolute Gasteiger partial charge is 0.404 e. The highest BCUT2D eigenvalue weighted by atomic mass is 16.7. The standard InChI is InChI=1S/C27H48BN5O6/c1-8-17(4)20(34)13-18(10-9-11-30-25(29)32-33(36)37)24(35)31-23(12-16(2)3)28-38-22-15-19-14-21(26(19,5)6)27(22,7)39-28/h16-19,21-23H,8-15H2,1-7H3,(H,31,35)(H3,29,30,32)/t17-,18+,19+,21+,22+,23-,27-/m0/s1. The first kappa shape index (κ1) is 31.3. The molecule has 0 aromatic heterocycles. The Hall–Kier alpha value is -2.21. The first-order chi connectivity index (χ1) is 18.2. The number of amides is 1. The molecule has 1 heterocycles. The van der Waals surface area contributed by atoms with Crippen LogP contribution in [0.5, 0.6) is 0 Å². The Morgan fingerprint density at radius 1 is 1.23 bits per heavy atom. The van der Waals surface area contributed by atoms with Crippen molar-refractivity contribution in [3.05, 3.63) is 10.1 Å². The molecule has 1 amide bonds. The summed E-state index contributed by atoms with van der Waals surface area (Å²) in [5.74, 6) is -0.105. The Balaban J connectivity index is 1.70. The molecule has 2 bridgehead atoms. The number of carbonyl (C=O) groups excluding carboxylic acids is 2. The fourth-order valence-corrected chi connectivity index (χ4v) is 6.78. The van der Waals surface area contributed by atoms with Gasteiger partial charge in [0.15, 0.2) is 5.03 Å². The van der Waals surface area contributed by atoms with Gasteiger partial charge in [0, 0.05) is 24.8 Å². The lowest BCUT2D eigenvalue weighted by atomic mass is 9.43. The Morgan fingerprint density at radius 3 is 2.51 bits per heavy atom. The van der Waals surface area contributed by atoms with Gasteiger partial charge in [-0.15, -0.1) is 0 Å². The molecule has 0 radical (unpaired) electrons. The molecule has 1 aliphatic heterocycles. The van der Waals surface area contributed by atoms with Crippen molar-refractivity contribution in [1.29, 1.82) is 0 Å². The van der Waals surface area contributed by atoms with E-state index in [2.05, 4.69) is 44.9 Å². The van der Waals surface area contributed by atoms with E-state index in [-0.39, 0.29) is 59.6 Å². The number of aliphatic imine (C=N–C) groups is 1. The Kier molecular flexibility index (Phi) is 10.1. The lowest BCUT2D eigenvalue weighted by Crippen LogP contribution is -2.65. The second-order valence-electron chi connectivity index (χ2n) is 13.0. The summed E-state index contributed by atoms with van der Waals surface area (Å²) in [6.45, 7) is 15.1. The normalized spacial score (nSPS) is 29.7. The molecule has 4 N–H and O–H groups in total. The summed E-state index contributed by atoms with van der Waals surface area (Å²) in [4.78, 5) is 40.9. The highest BCUT2D eigenvalue weighted by Gasteiger charge is 2.68. The van der Waals surface area contributed by atoms with Gasteiger partial charge in [-0.2, -0.15) is 0 Å². The zero-order valence-electron chi connectivity index (χ0n) is 24.7. The second-order valence-corrected chi connectivity index (χ2v) is 13.0. The zero-order valence-corrected chi connectivity index (χ0v) is 24.7. The number of nitrogens with one attached hydrogen (secondary N) is 2. The van der Waals surface area contributed by atoms with Crippen molar-refractivity contribution >= 4 is 24.8 Å². The van der Waals surface area contributed by atoms with E-state index in [1.54, 1.807) is 0 Å². The van der Waals surface area contributed by atoms with E-state index in [1.165, 1.54) is 0 Å². The Labute approximate surface area is 233 Å². The third-order valence-electron chi connectivity index (χ3n) is 9.53. The predicted octanol–water partition coefficient (Wildman–Crippen LogP) is 3.28. The number of nitrogens with zero attached hydrogens (tertiary/aromatic N) is 2. The first-order valence-corrected chi connectivity index (χ1v) is 14.6. The predicted molar refractivity (Wildman–Crippen MR) is 150 cm³/mol. The van der Waals surface area contributed by atoms with Crippen molar-refractivity contribution in [2.45, 2.75) is 111 Å². The number of nitrogens with two attached hydrogens (primary N) is 1. The molecule has 0 aromatic rings. The van der Waals surface area contributed by atoms with Gasteiger partial charge in [0.1, 0.15) is 5.78 Å². The molecular weight excluding hydrogens is 501 g/mol. The van der Waals surface area contributed by atoms with Crippen LogP contribution in [0.15, 0.2) is 4.99 Å². The lowest BCUT2D eigenvalue weighted by Gasteiger charge is -2.64. The van der Waals surface area contributed by atoms with Crippen molar-refractivity contribution in [2.75, 3.05) is 6.54 Å². The number of Topliss-reactive ketones (excluding diaryl/α,β-unsaturated/α-hetero) is 1. The van der Waals surface area contributed by atoms with Crippen LogP contribution in [0.25, 0.3) is 0 Å². The van der Waals surface area contributed by atoms with E-state index >= 15 is 0 Å². The van der Waals surface area contributed by atoms with Gasteiger partial charge < -0.3 is 20.4 Å². The molecule has 12 heteroatoms. The van der Waals surface area contributed by atoms with Gasteiger partial charge >= 0.3 is 7.12 Å². The summed E-state index contributed by atoms with van der Waals surface area (Å²) in [7, 11) is -0.537. The molecule has 4 rings (SSSR count). The van der Waals surface area contributed by atoms with E-state index < -0.39 is 18.1 Å². The van der Waals surface area contributed by atoms with Crippen LogP contribution in [-0.2, 0) is 18.9 Å². The molecule has 3 saturated carbocycles. The average Bonchev–Trinajstić information content (AvgIpc) is 3.21. The lowest BCUT2D eigenvalue weighted by molar-refractivity contribution is -0.525. The fraction of sp³-hybridized carbons (Fsp3) is 0.889. The molecule has 11 nitrogen and oxygen atoms in total. The number of hydrogen-bond acceptors (Lipinski definition) is 7. The Morgan fingerprint density at radius 2 is 1.92 bits per heavy atom. The minimum atomic E-state index is -0.775. The zero-order chi connectivity index (χ0) is 29.1. The molecule has 4 aliphatic rings. The van der Waals surface area contributed by atoms with Gasteiger partial charge in [0.2, 0.25) is 5.91 Å². The average molecular weight is 550 g/mol. The largest absolute Gasteiger partial charge is 0.481 e. The number of rotatable bonds is 14. The fourth-order valence-electron chi connectivity index (χ4n) is 6.78. The number of guanidine groups is 1. The molecule has 220 valence electrons. The van der Waals surface area contributed by atoms with Crippen molar-refractivity contribution in [2.24, 2.45) is 45.7 Å². The monoisotopic (exact) mass is 549 g/mol. The summed E-state index contributed by atoms with van der Waals surface area (Å²) in [6, 6.07) is 0. The van der Waals surface area contributed by atoms with E-state index in [0.29, 0.717) is 43.4 Å². The molecular formula is C27H48BN5O6. The molecule has 7 atom stereocenters. The van der Waals surface area contributed by atoms with Gasteiger partial charge in [0.25, 0.3) is 5.96 Å². The maximum Gasteiger partial charge on any atom is 0.481 e. The molecule has 1 saturated heterocycles.